The number of halogens is 2. The van der Waals surface area contributed by atoms with Crippen LogP contribution in [-0.4, -0.2) is 32.0 Å². The van der Waals surface area contributed by atoms with Gasteiger partial charge in [-0.1, -0.05) is 35.0 Å². The van der Waals surface area contributed by atoms with Crippen molar-refractivity contribution < 1.29 is 14.3 Å². The molecule has 0 N–H and O–H groups in total. The number of thioether (sulfide) groups is 1. The van der Waals surface area contributed by atoms with Gasteiger partial charge in [0.25, 0.3) is 0 Å². The van der Waals surface area contributed by atoms with Gasteiger partial charge in [-0.25, -0.2) is 9.48 Å². The van der Waals surface area contributed by atoms with Gasteiger partial charge in [0.15, 0.2) is 5.78 Å². The molecule has 0 saturated heterocycles. The minimum Gasteiger partial charge on any atom is -0.427 e. The maximum absolute atomic E-state index is 12.4. The Bertz CT molecular complexity index is 898. The number of hydrogen-bond acceptors (Lipinski definition) is 7. The quantitative estimate of drug-likeness (QED) is 0.547. The van der Waals surface area contributed by atoms with E-state index in [4.69, 9.17) is 27.9 Å². The summed E-state index contributed by atoms with van der Waals surface area (Å²) in [5, 5.41) is 12.4. The van der Waals surface area contributed by atoms with Crippen LogP contribution in [0.2, 0.25) is 10.0 Å². The molecule has 1 aliphatic carbocycles. The van der Waals surface area contributed by atoms with Crippen LogP contribution in [0.15, 0.2) is 29.1 Å². The highest BCUT2D eigenvalue weighted by Crippen LogP contribution is 2.34. The lowest BCUT2D eigenvalue weighted by Gasteiger charge is -2.14. The van der Waals surface area contributed by atoms with Gasteiger partial charge in [0, 0.05) is 42.3 Å². The van der Waals surface area contributed by atoms with E-state index in [1.807, 2.05) is 0 Å². The van der Waals surface area contributed by atoms with E-state index in [1.54, 1.807) is 13.1 Å². The van der Waals surface area contributed by atoms with Gasteiger partial charge in [-0.3, -0.25) is 4.79 Å². The number of tetrazole rings is 1. The van der Waals surface area contributed by atoms with Crippen LogP contribution in [0.4, 0.5) is 0 Å². The smallest absolute Gasteiger partial charge is 0.344 e. The fourth-order valence-electron chi connectivity index (χ4n) is 2.38. The largest absolute Gasteiger partial charge is 0.427 e. The molecule has 26 heavy (non-hydrogen) atoms. The summed E-state index contributed by atoms with van der Waals surface area (Å²) in [6, 6.07) is 3.10. The number of carbonyl (C=O) groups is 2. The first-order valence-corrected chi connectivity index (χ1v) is 9.47. The third-order valence-corrected chi connectivity index (χ3v) is 5.55. The van der Waals surface area contributed by atoms with Crippen LogP contribution in [-0.2, 0) is 22.3 Å². The summed E-state index contributed by atoms with van der Waals surface area (Å²) in [6.07, 6.45) is 3.05. The van der Waals surface area contributed by atoms with Crippen molar-refractivity contribution in [3.8, 4) is 0 Å². The predicted molar refractivity (Wildman–Crippen MR) is 97.2 cm³/mol. The Morgan fingerprint density at radius 3 is 2.85 bits per heavy atom. The van der Waals surface area contributed by atoms with Crippen molar-refractivity contribution in [1.82, 2.24) is 20.2 Å². The molecule has 1 aliphatic rings. The Morgan fingerprint density at radius 1 is 1.35 bits per heavy atom. The van der Waals surface area contributed by atoms with Gasteiger partial charge < -0.3 is 4.74 Å². The highest BCUT2D eigenvalue weighted by molar-refractivity contribution is 7.98. The zero-order chi connectivity index (χ0) is 18.7. The van der Waals surface area contributed by atoms with Crippen molar-refractivity contribution in [1.29, 1.82) is 0 Å². The van der Waals surface area contributed by atoms with Gasteiger partial charge in [0.2, 0.25) is 5.16 Å². The lowest BCUT2D eigenvalue weighted by molar-refractivity contribution is -0.115. The van der Waals surface area contributed by atoms with Gasteiger partial charge in [-0.05, 0) is 29.0 Å². The summed E-state index contributed by atoms with van der Waals surface area (Å²) in [5.41, 5.74) is 0.783. The average molecular weight is 413 g/mol. The first-order chi connectivity index (χ1) is 12.5. The second-order valence-electron chi connectivity index (χ2n) is 5.58. The number of esters is 1. The zero-order valence-electron chi connectivity index (χ0n) is 13.7. The molecular weight excluding hydrogens is 399 g/mol. The Balaban J connectivity index is 1.79. The molecule has 1 aromatic heterocycles. The molecule has 0 atom stereocenters. The van der Waals surface area contributed by atoms with E-state index in [2.05, 4.69) is 15.5 Å². The first-order valence-electron chi connectivity index (χ1n) is 7.73. The summed E-state index contributed by atoms with van der Waals surface area (Å²) >= 11 is 14.0. The molecular formula is C16H14Cl2N4O3S. The zero-order valence-corrected chi connectivity index (χ0v) is 16.1. The normalized spacial score (nSPS) is 14.3. The Morgan fingerprint density at radius 2 is 2.15 bits per heavy atom. The van der Waals surface area contributed by atoms with Crippen LogP contribution in [0.3, 0.4) is 0 Å². The third kappa shape index (κ3) is 4.25. The topological polar surface area (TPSA) is 87.0 Å². The summed E-state index contributed by atoms with van der Waals surface area (Å²) in [6.45, 7) is 0. The molecule has 136 valence electrons. The minimum absolute atomic E-state index is 0.0457. The van der Waals surface area contributed by atoms with Crippen LogP contribution < -0.4 is 0 Å². The first kappa shape index (κ1) is 18.9. The second-order valence-corrected chi connectivity index (χ2v) is 7.31. The van der Waals surface area contributed by atoms with E-state index in [0.29, 0.717) is 46.5 Å². The van der Waals surface area contributed by atoms with E-state index < -0.39 is 5.97 Å². The van der Waals surface area contributed by atoms with Crippen molar-refractivity contribution in [3.63, 3.8) is 0 Å². The highest BCUT2D eigenvalue weighted by Gasteiger charge is 2.21. The summed E-state index contributed by atoms with van der Waals surface area (Å²) in [5.74, 6) is 0.0851. The number of aromatic nitrogens is 4. The van der Waals surface area contributed by atoms with E-state index in [0.717, 1.165) is 0 Å². The maximum atomic E-state index is 12.4. The fourth-order valence-corrected chi connectivity index (χ4v) is 4.01. The molecule has 0 radical (unpaired) electrons. The summed E-state index contributed by atoms with van der Waals surface area (Å²) in [7, 11) is 1.72. The molecule has 0 fully saturated rings. The van der Waals surface area contributed by atoms with Gasteiger partial charge in [0.05, 0.1) is 10.6 Å². The molecule has 1 aromatic carbocycles. The van der Waals surface area contributed by atoms with Gasteiger partial charge >= 0.3 is 5.97 Å². The third-order valence-electron chi connectivity index (χ3n) is 3.72. The van der Waals surface area contributed by atoms with Crippen molar-refractivity contribution in [2.45, 2.75) is 30.2 Å². The van der Waals surface area contributed by atoms with Gasteiger partial charge in [0.1, 0.15) is 5.76 Å². The van der Waals surface area contributed by atoms with Crippen molar-refractivity contribution in [2.75, 3.05) is 0 Å². The molecule has 1 heterocycles. The fraction of sp³-hybridized carbons (Fsp3) is 0.312. The molecule has 10 heteroatoms. The molecule has 0 amide bonds. The number of ether oxygens (including phenoxy) is 1. The van der Waals surface area contributed by atoms with Crippen LogP contribution in [0.1, 0.15) is 35.2 Å². The lowest BCUT2D eigenvalue weighted by atomic mass is 10.1. The number of rotatable bonds is 5. The Kier molecular flexibility index (Phi) is 5.95. The average Bonchev–Trinajstić information content (AvgIpc) is 2.99. The monoisotopic (exact) mass is 412 g/mol. The standard InChI is InChI=1S/C16H14Cl2N4O3S/c1-22-16(19-20-21-22)26-8-12-13(17)6-5-11(14(12)18)15(24)25-10-4-2-3-9(23)7-10/h5-7H,2-4,8H2,1H3. The lowest BCUT2D eigenvalue weighted by Crippen LogP contribution is -2.11. The second kappa shape index (κ2) is 8.20. The minimum atomic E-state index is -0.612. The molecule has 0 aliphatic heterocycles. The molecule has 0 spiro atoms. The number of benzene rings is 1. The molecule has 3 rings (SSSR count). The van der Waals surface area contributed by atoms with Crippen LogP contribution in [0.25, 0.3) is 0 Å². The summed E-state index contributed by atoms with van der Waals surface area (Å²) < 4.78 is 6.85. The molecule has 7 nitrogen and oxygen atoms in total. The van der Waals surface area contributed by atoms with E-state index >= 15 is 0 Å². The highest BCUT2D eigenvalue weighted by atomic mass is 35.5. The number of hydrogen-bond donors (Lipinski definition) is 0. The summed E-state index contributed by atoms with van der Waals surface area (Å²) in [4.78, 5) is 23.9. The van der Waals surface area contributed by atoms with Crippen molar-refractivity contribution in [2.24, 2.45) is 7.05 Å². The molecule has 0 bridgehead atoms. The van der Waals surface area contributed by atoms with Gasteiger partial charge in [-0.2, -0.15) is 0 Å². The molecule has 0 saturated carbocycles. The predicted octanol–water partition coefficient (Wildman–Crippen LogP) is 3.60. The molecule has 0 unspecified atom stereocenters. The SMILES string of the molecule is Cn1nnnc1SCc1c(Cl)ccc(C(=O)OC2=CC(=O)CCC2)c1Cl. The number of aryl methyl sites for hydroxylation is 1. The molecule has 2 aromatic rings. The van der Waals surface area contributed by atoms with Crippen LogP contribution in [0.5, 0.6) is 0 Å². The number of nitrogens with zero attached hydrogens (tertiary/aromatic N) is 4. The van der Waals surface area contributed by atoms with Crippen molar-refractivity contribution >= 4 is 46.7 Å². The van der Waals surface area contributed by atoms with E-state index in [9.17, 15) is 9.59 Å². The van der Waals surface area contributed by atoms with E-state index in [-0.39, 0.29) is 16.4 Å². The number of ketones is 1. The van der Waals surface area contributed by atoms with Crippen LogP contribution >= 0.6 is 35.0 Å². The Hall–Kier alpha value is -1.90. The van der Waals surface area contributed by atoms with E-state index in [1.165, 1.54) is 28.6 Å². The Labute approximate surface area is 163 Å². The van der Waals surface area contributed by atoms with Gasteiger partial charge in [-0.15, -0.1) is 5.10 Å². The number of carbonyl (C=O) groups excluding carboxylic acids is 2. The number of allylic oxidation sites excluding steroid dienone is 2. The van der Waals surface area contributed by atoms with Crippen LogP contribution in [0, 0.1) is 0 Å². The maximum Gasteiger partial charge on any atom is 0.344 e. The van der Waals surface area contributed by atoms with Crippen molar-refractivity contribution in [3.05, 3.63) is 45.1 Å².